The largest absolute Gasteiger partial charge is 0.412 e. The van der Waals surface area contributed by atoms with Crippen molar-refractivity contribution in [2.45, 2.75) is 6.54 Å². The summed E-state index contributed by atoms with van der Waals surface area (Å²) in [6.07, 6.45) is 1.82. The Labute approximate surface area is 143 Å². The Bertz CT molecular complexity index is 1260. The molecule has 1 aliphatic rings. The van der Waals surface area contributed by atoms with Crippen LogP contribution in [0, 0.1) is 0 Å². The van der Waals surface area contributed by atoms with Gasteiger partial charge in [-0.25, -0.2) is 4.98 Å². The van der Waals surface area contributed by atoms with Crippen molar-refractivity contribution >= 4 is 22.1 Å². The number of fused-ring (bicyclic) bond motifs is 7. The smallest absolute Gasteiger partial charge is 0.334 e. The summed E-state index contributed by atoms with van der Waals surface area (Å²) in [6, 6.07) is 22.9. The van der Waals surface area contributed by atoms with E-state index in [1.807, 2.05) is 18.3 Å². The van der Waals surface area contributed by atoms with Gasteiger partial charge in [-0.2, -0.15) is 9.13 Å². The highest BCUT2D eigenvalue weighted by atomic mass is 16.4. The van der Waals surface area contributed by atoms with Crippen LogP contribution in [-0.4, -0.2) is 9.55 Å². The second-order valence-electron chi connectivity index (χ2n) is 6.35. The van der Waals surface area contributed by atoms with E-state index in [1.165, 1.54) is 5.56 Å². The molecule has 6 rings (SSSR count). The van der Waals surface area contributed by atoms with Crippen LogP contribution >= 0.6 is 0 Å². The lowest BCUT2D eigenvalue weighted by Crippen LogP contribution is -2.32. The van der Waals surface area contributed by atoms with Gasteiger partial charge in [0.1, 0.15) is 17.7 Å². The average molecular weight is 324 g/mol. The zero-order valence-electron chi connectivity index (χ0n) is 13.4. The predicted molar refractivity (Wildman–Crippen MR) is 95.6 cm³/mol. The molecule has 5 aromatic rings. The molecule has 0 aliphatic carbocycles. The fourth-order valence-corrected chi connectivity index (χ4v) is 3.88. The summed E-state index contributed by atoms with van der Waals surface area (Å²) in [5.41, 5.74) is 6.44. The highest BCUT2D eigenvalue weighted by molar-refractivity contribution is 6.04. The number of para-hydroxylation sites is 2. The summed E-state index contributed by atoms with van der Waals surface area (Å²) in [7, 11) is 0. The van der Waals surface area contributed by atoms with Crippen LogP contribution in [0.3, 0.4) is 0 Å². The Morgan fingerprint density at radius 1 is 0.920 bits per heavy atom. The van der Waals surface area contributed by atoms with Gasteiger partial charge in [0.2, 0.25) is 5.58 Å². The van der Waals surface area contributed by atoms with Crippen molar-refractivity contribution in [1.29, 1.82) is 0 Å². The standard InChI is InChI=1S/C21H14N3O/c1-2-8-15(9-3-1)24-17-11-5-4-10-16(17)19-20(24)23-13-14-7-6-12-22-18(14)21(23)25-19/h1-12H,13H2/q+1. The first-order chi connectivity index (χ1) is 12.4. The van der Waals surface area contributed by atoms with Crippen LogP contribution in [0.25, 0.3) is 39.4 Å². The van der Waals surface area contributed by atoms with Crippen LogP contribution in [0.5, 0.6) is 0 Å². The first-order valence-corrected chi connectivity index (χ1v) is 8.37. The van der Waals surface area contributed by atoms with Crippen molar-refractivity contribution in [3.63, 3.8) is 0 Å². The van der Waals surface area contributed by atoms with Crippen LogP contribution in [0.4, 0.5) is 0 Å². The molecule has 0 spiro atoms. The third-order valence-corrected chi connectivity index (χ3v) is 4.94. The Hall–Kier alpha value is -3.40. The second-order valence-corrected chi connectivity index (χ2v) is 6.35. The van der Waals surface area contributed by atoms with Crippen molar-refractivity contribution in [1.82, 2.24) is 9.55 Å². The molecule has 4 heteroatoms. The minimum absolute atomic E-state index is 0.786. The van der Waals surface area contributed by atoms with Gasteiger partial charge in [-0.1, -0.05) is 36.4 Å². The maximum absolute atomic E-state index is 6.33. The maximum atomic E-state index is 6.33. The molecule has 0 radical (unpaired) electrons. The highest BCUT2D eigenvalue weighted by Gasteiger charge is 2.36. The number of hydrogen-bond acceptors (Lipinski definition) is 2. The third kappa shape index (κ3) is 1.61. The van der Waals surface area contributed by atoms with Crippen molar-refractivity contribution in [3.05, 3.63) is 78.5 Å². The molecule has 1 aliphatic heterocycles. The Morgan fingerprint density at radius 2 is 1.76 bits per heavy atom. The number of pyridine rings is 1. The lowest BCUT2D eigenvalue weighted by atomic mass is 10.2. The van der Waals surface area contributed by atoms with E-state index in [4.69, 9.17) is 4.42 Å². The summed E-state index contributed by atoms with van der Waals surface area (Å²) < 4.78 is 10.8. The summed E-state index contributed by atoms with van der Waals surface area (Å²) in [4.78, 5) is 4.53. The molecule has 2 aromatic carbocycles. The Kier molecular flexibility index (Phi) is 2.37. The Balaban J connectivity index is 1.79. The highest BCUT2D eigenvalue weighted by Crippen LogP contribution is 2.36. The van der Waals surface area contributed by atoms with Crippen molar-refractivity contribution in [2.75, 3.05) is 0 Å². The van der Waals surface area contributed by atoms with E-state index >= 15 is 0 Å². The summed E-state index contributed by atoms with van der Waals surface area (Å²) in [5, 5.41) is 1.13. The monoisotopic (exact) mass is 324 g/mol. The molecule has 0 saturated heterocycles. The zero-order chi connectivity index (χ0) is 16.4. The van der Waals surface area contributed by atoms with Gasteiger partial charge in [0, 0.05) is 11.8 Å². The van der Waals surface area contributed by atoms with Crippen LogP contribution in [0.15, 0.2) is 77.3 Å². The molecule has 0 bridgehead atoms. The van der Waals surface area contributed by atoms with E-state index in [9.17, 15) is 0 Å². The van der Waals surface area contributed by atoms with E-state index in [2.05, 4.69) is 68.7 Å². The number of nitrogens with zero attached hydrogens (tertiary/aromatic N) is 3. The van der Waals surface area contributed by atoms with Gasteiger partial charge in [-0.15, -0.1) is 0 Å². The van der Waals surface area contributed by atoms with Crippen molar-refractivity contribution < 1.29 is 8.98 Å². The molecular weight excluding hydrogens is 310 g/mol. The zero-order valence-corrected chi connectivity index (χ0v) is 13.4. The van der Waals surface area contributed by atoms with Gasteiger partial charge in [-0.05, 0) is 30.3 Å². The molecular formula is C21H14N3O+. The fraction of sp³-hybridized carbons (Fsp3) is 0.0476. The van der Waals surface area contributed by atoms with Gasteiger partial charge in [-0.3, -0.25) is 0 Å². The van der Waals surface area contributed by atoms with Crippen LogP contribution < -0.4 is 4.57 Å². The van der Waals surface area contributed by atoms with Gasteiger partial charge in [0.05, 0.1) is 5.39 Å². The number of hydrogen-bond donors (Lipinski definition) is 0. The predicted octanol–water partition coefficient (Wildman–Crippen LogP) is 4.09. The molecule has 25 heavy (non-hydrogen) atoms. The molecule has 0 unspecified atom stereocenters. The average Bonchev–Trinajstić information content (AvgIpc) is 3.30. The third-order valence-electron chi connectivity index (χ3n) is 4.94. The van der Waals surface area contributed by atoms with Crippen LogP contribution in [0.2, 0.25) is 0 Å². The van der Waals surface area contributed by atoms with E-state index in [1.54, 1.807) is 0 Å². The second kappa shape index (κ2) is 4.57. The molecule has 0 fully saturated rings. The van der Waals surface area contributed by atoms with Crippen molar-refractivity contribution in [3.8, 4) is 17.3 Å². The summed E-state index contributed by atoms with van der Waals surface area (Å²) >= 11 is 0. The summed E-state index contributed by atoms with van der Waals surface area (Å²) in [6.45, 7) is 0.786. The lowest BCUT2D eigenvalue weighted by molar-refractivity contribution is -0.651. The quantitative estimate of drug-likeness (QED) is 0.427. The molecule has 0 atom stereocenters. The van der Waals surface area contributed by atoms with Crippen LogP contribution in [0.1, 0.15) is 5.56 Å². The minimum atomic E-state index is 0.786. The van der Waals surface area contributed by atoms with Crippen LogP contribution in [-0.2, 0) is 6.54 Å². The Morgan fingerprint density at radius 3 is 2.68 bits per heavy atom. The van der Waals surface area contributed by atoms with E-state index in [0.717, 1.165) is 45.9 Å². The maximum Gasteiger partial charge on any atom is 0.334 e. The van der Waals surface area contributed by atoms with E-state index in [-0.39, 0.29) is 0 Å². The first-order valence-electron chi connectivity index (χ1n) is 8.37. The fourth-order valence-electron chi connectivity index (χ4n) is 3.88. The van der Waals surface area contributed by atoms with Gasteiger partial charge in [0.25, 0.3) is 0 Å². The number of aromatic nitrogens is 3. The molecule has 0 N–H and O–H groups in total. The normalized spacial score (nSPS) is 12.6. The van der Waals surface area contributed by atoms with E-state index < -0.39 is 0 Å². The van der Waals surface area contributed by atoms with Gasteiger partial charge >= 0.3 is 11.5 Å². The number of oxazole rings is 1. The molecule has 4 nitrogen and oxygen atoms in total. The molecule has 118 valence electrons. The molecule has 0 saturated carbocycles. The SMILES string of the molecule is c1ccc(-n2c3ccccc3c3oc4[n+](c32)Cc2cccnc2-4)cc1. The molecule has 3 aromatic heterocycles. The number of rotatable bonds is 1. The van der Waals surface area contributed by atoms with Gasteiger partial charge in [0.15, 0.2) is 5.69 Å². The summed E-state index contributed by atoms with van der Waals surface area (Å²) in [5.74, 6) is 0.844. The topological polar surface area (TPSA) is 34.8 Å². The molecule has 0 amide bonds. The van der Waals surface area contributed by atoms with Gasteiger partial charge < -0.3 is 4.42 Å². The van der Waals surface area contributed by atoms with Crippen molar-refractivity contribution in [2.24, 2.45) is 0 Å². The lowest BCUT2D eigenvalue weighted by Gasteiger charge is -2.00. The molecule has 4 heterocycles. The first kappa shape index (κ1) is 13.0. The van der Waals surface area contributed by atoms with E-state index in [0.29, 0.717) is 0 Å². The number of benzene rings is 2. The minimum Gasteiger partial charge on any atom is -0.412 e.